The molecule has 2 aromatic rings. The Balaban J connectivity index is 1.97. The number of H-pyrrole nitrogens is 1. The zero-order chi connectivity index (χ0) is 13.0. The Kier molecular flexibility index (Phi) is 4.17. The molecule has 5 heteroatoms. The topological polar surface area (TPSA) is 78.3 Å². The number of benzene rings is 1. The fraction of sp³-hybridized carbons (Fsp3) is 0.462. The maximum atomic E-state index is 11.0. The highest BCUT2D eigenvalue weighted by atomic mass is 16.4. The maximum Gasteiger partial charge on any atom is 0.417 e. The van der Waals surface area contributed by atoms with Crippen molar-refractivity contribution in [1.82, 2.24) is 10.3 Å². The van der Waals surface area contributed by atoms with Crippen molar-refractivity contribution in [3.05, 3.63) is 34.3 Å². The fourth-order valence-corrected chi connectivity index (χ4v) is 1.87. The maximum absolute atomic E-state index is 11.0. The third-order valence-corrected chi connectivity index (χ3v) is 3.08. The largest absolute Gasteiger partial charge is 0.417 e. The molecule has 0 bridgehead atoms. The van der Waals surface area contributed by atoms with Gasteiger partial charge in [-0.15, -0.1) is 0 Å². The van der Waals surface area contributed by atoms with Crippen LogP contribution in [0.4, 0.5) is 0 Å². The second-order valence-corrected chi connectivity index (χ2v) is 4.43. The van der Waals surface area contributed by atoms with Crippen LogP contribution < -0.4 is 11.1 Å². The third-order valence-electron chi connectivity index (χ3n) is 3.08. The summed E-state index contributed by atoms with van der Waals surface area (Å²) in [6.07, 6.45) is 0.956. The van der Waals surface area contributed by atoms with Crippen LogP contribution in [0.5, 0.6) is 0 Å². The van der Waals surface area contributed by atoms with Crippen LogP contribution in [0.3, 0.4) is 0 Å². The van der Waals surface area contributed by atoms with Gasteiger partial charge < -0.3 is 14.8 Å². The molecule has 0 amide bonds. The van der Waals surface area contributed by atoms with Crippen LogP contribution >= 0.6 is 0 Å². The molecule has 0 saturated heterocycles. The lowest BCUT2D eigenvalue weighted by Gasteiger charge is -2.12. The first-order valence-corrected chi connectivity index (χ1v) is 6.16. The quantitative estimate of drug-likeness (QED) is 0.720. The molecule has 1 heterocycles. The summed E-state index contributed by atoms with van der Waals surface area (Å²) in [7, 11) is 0. The highest BCUT2D eigenvalue weighted by molar-refractivity contribution is 5.72. The van der Waals surface area contributed by atoms with Crippen LogP contribution in [0.15, 0.2) is 27.4 Å². The van der Waals surface area contributed by atoms with E-state index in [1.807, 2.05) is 12.1 Å². The minimum absolute atomic E-state index is 0.206. The van der Waals surface area contributed by atoms with Gasteiger partial charge in [0, 0.05) is 19.7 Å². The Morgan fingerprint density at radius 3 is 3.06 bits per heavy atom. The van der Waals surface area contributed by atoms with Crippen molar-refractivity contribution >= 4 is 11.1 Å². The molecule has 1 aromatic carbocycles. The molecule has 1 aromatic heterocycles. The van der Waals surface area contributed by atoms with E-state index in [4.69, 9.17) is 9.52 Å². The predicted molar refractivity (Wildman–Crippen MR) is 69.4 cm³/mol. The molecule has 5 nitrogen and oxygen atoms in total. The van der Waals surface area contributed by atoms with Crippen LogP contribution in [-0.2, 0) is 6.54 Å². The zero-order valence-electron chi connectivity index (χ0n) is 10.4. The third kappa shape index (κ3) is 3.00. The molecular formula is C13H18N2O3. The van der Waals surface area contributed by atoms with E-state index < -0.39 is 5.76 Å². The number of aliphatic hydroxyl groups excluding tert-OH is 1. The lowest BCUT2D eigenvalue weighted by atomic mass is 10.1. The molecule has 1 unspecified atom stereocenters. The van der Waals surface area contributed by atoms with E-state index in [2.05, 4.69) is 17.2 Å². The van der Waals surface area contributed by atoms with E-state index in [1.165, 1.54) is 0 Å². The van der Waals surface area contributed by atoms with Crippen LogP contribution in [0.2, 0.25) is 0 Å². The number of hydrogen-bond donors (Lipinski definition) is 3. The van der Waals surface area contributed by atoms with Gasteiger partial charge >= 0.3 is 5.76 Å². The summed E-state index contributed by atoms with van der Waals surface area (Å²) in [4.78, 5) is 13.6. The molecule has 0 aliphatic heterocycles. The molecule has 1 atom stereocenters. The molecule has 0 spiro atoms. The number of hydrogen-bond acceptors (Lipinski definition) is 4. The first kappa shape index (κ1) is 12.9. The molecule has 0 saturated carbocycles. The average molecular weight is 250 g/mol. The number of aromatic amines is 1. The molecule has 98 valence electrons. The summed E-state index contributed by atoms with van der Waals surface area (Å²) in [5.74, 6) is -0.135. The summed E-state index contributed by atoms with van der Waals surface area (Å²) < 4.78 is 4.94. The van der Waals surface area contributed by atoms with Crippen molar-refractivity contribution in [2.24, 2.45) is 5.92 Å². The molecule has 0 aliphatic carbocycles. The Morgan fingerprint density at radius 1 is 1.50 bits per heavy atom. The molecule has 0 aliphatic rings. The van der Waals surface area contributed by atoms with Crippen LogP contribution in [0.25, 0.3) is 11.1 Å². The molecule has 3 N–H and O–H groups in total. The van der Waals surface area contributed by atoms with Gasteiger partial charge in [0.05, 0.1) is 5.52 Å². The Hall–Kier alpha value is -1.59. The van der Waals surface area contributed by atoms with Crippen molar-refractivity contribution in [3.63, 3.8) is 0 Å². The molecule has 0 radical (unpaired) electrons. The summed E-state index contributed by atoms with van der Waals surface area (Å²) in [6.45, 7) is 3.76. The van der Waals surface area contributed by atoms with E-state index in [-0.39, 0.29) is 6.61 Å². The summed E-state index contributed by atoms with van der Waals surface area (Å²) in [6, 6.07) is 5.60. The van der Waals surface area contributed by atoms with E-state index >= 15 is 0 Å². The molecule has 2 rings (SSSR count). The Bertz CT molecular complexity index is 555. The minimum atomic E-state index is -0.429. The highest BCUT2D eigenvalue weighted by Gasteiger charge is 2.05. The molecule has 18 heavy (non-hydrogen) atoms. The van der Waals surface area contributed by atoms with Gasteiger partial charge in [0.15, 0.2) is 5.58 Å². The zero-order valence-corrected chi connectivity index (χ0v) is 10.4. The number of fused-ring (bicyclic) bond motifs is 1. The number of aromatic nitrogens is 1. The van der Waals surface area contributed by atoms with Crippen molar-refractivity contribution in [2.45, 2.75) is 19.9 Å². The van der Waals surface area contributed by atoms with Crippen molar-refractivity contribution in [1.29, 1.82) is 0 Å². The van der Waals surface area contributed by atoms with Gasteiger partial charge in [-0.1, -0.05) is 13.0 Å². The van der Waals surface area contributed by atoms with Crippen LogP contribution in [0, 0.1) is 5.92 Å². The highest BCUT2D eigenvalue weighted by Crippen LogP contribution is 2.12. The monoisotopic (exact) mass is 250 g/mol. The van der Waals surface area contributed by atoms with Gasteiger partial charge in [0.2, 0.25) is 0 Å². The summed E-state index contributed by atoms with van der Waals surface area (Å²) in [5, 5.41) is 12.4. The van der Waals surface area contributed by atoms with Crippen molar-refractivity contribution in [3.8, 4) is 0 Å². The fourth-order valence-electron chi connectivity index (χ4n) is 1.87. The van der Waals surface area contributed by atoms with E-state index in [1.54, 1.807) is 6.07 Å². The van der Waals surface area contributed by atoms with Crippen LogP contribution in [-0.4, -0.2) is 23.2 Å². The normalized spacial score (nSPS) is 13.0. The van der Waals surface area contributed by atoms with E-state index in [0.29, 0.717) is 23.6 Å². The Labute approximate surface area is 105 Å². The molecule has 0 fully saturated rings. The Morgan fingerprint density at radius 2 is 2.33 bits per heavy atom. The van der Waals surface area contributed by atoms with E-state index in [0.717, 1.165) is 18.5 Å². The van der Waals surface area contributed by atoms with Gasteiger partial charge in [-0.05, 0) is 30.0 Å². The van der Waals surface area contributed by atoms with Gasteiger partial charge in [-0.2, -0.15) is 0 Å². The van der Waals surface area contributed by atoms with Crippen molar-refractivity contribution in [2.75, 3.05) is 13.2 Å². The SMILES string of the molecule is CCC(CO)CNCc1ccc2oc(=O)[nH]c2c1. The molecular weight excluding hydrogens is 232 g/mol. The standard InChI is InChI=1S/C13H18N2O3/c1-2-9(8-16)6-14-7-10-3-4-12-11(5-10)15-13(17)18-12/h3-5,9,14,16H,2,6-8H2,1H3,(H,15,17). The van der Waals surface area contributed by atoms with Gasteiger partial charge in [0.1, 0.15) is 0 Å². The van der Waals surface area contributed by atoms with Gasteiger partial charge in [0.25, 0.3) is 0 Å². The number of rotatable bonds is 6. The smallest absolute Gasteiger partial charge is 0.408 e. The number of nitrogens with one attached hydrogen (secondary N) is 2. The predicted octanol–water partition coefficient (Wildman–Crippen LogP) is 1.23. The second kappa shape index (κ2) is 5.84. The number of aliphatic hydroxyl groups is 1. The lowest BCUT2D eigenvalue weighted by molar-refractivity contribution is 0.218. The second-order valence-electron chi connectivity index (χ2n) is 4.43. The minimum Gasteiger partial charge on any atom is -0.408 e. The first-order chi connectivity index (χ1) is 8.72. The average Bonchev–Trinajstić information content (AvgIpc) is 2.74. The first-order valence-electron chi connectivity index (χ1n) is 6.16. The lowest BCUT2D eigenvalue weighted by Crippen LogP contribution is -2.24. The summed E-state index contributed by atoms with van der Waals surface area (Å²) in [5.41, 5.74) is 2.37. The van der Waals surface area contributed by atoms with Crippen LogP contribution in [0.1, 0.15) is 18.9 Å². The van der Waals surface area contributed by atoms with Gasteiger partial charge in [-0.25, -0.2) is 4.79 Å². The van der Waals surface area contributed by atoms with E-state index in [9.17, 15) is 4.79 Å². The van der Waals surface area contributed by atoms with Crippen molar-refractivity contribution < 1.29 is 9.52 Å². The summed E-state index contributed by atoms with van der Waals surface area (Å²) >= 11 is 0. The number of oxazole rings is 1. The van der Waals surface area contributed by atoms with Gasteiger partial charge in [-0.3, -0.25) is 4.98 Å².